The Labute approximate surface area is 484 Å². The number of halogens is 2. The number of phenols is 1. The molecule has 6 aromatic carbocycles. The summed E-state index contributed by atoms with van der Waals surface area (Å²) in [5.74, 6) is 1.66. The molecule has 0 aliphatic heterocycles. The van der Waals surface area contributed by atoms with Gasteiger partial charge in [0.1, 0.15) is 20.9 Å². The Morgan fingerprint density at radius 2 is 1.06 bits per heavy atom. The van der Waals surface area contributed by atoms with Gasteiger partial charge in [-0.3, -0.25) is 4.40 Å². The van der Waals surface area contributed by atoms with Crippen LogP contribution in [0.3, 0.4) is 0 Å². The van der Waals surface area contributed by atoms with Crippen LogP contribution in [-0.2, 0) is 0 Å². The molecule has 0 fully saturated rings. The molecule has 404 valence electrons. The van der Waals surface area contributed by atoms with Gasteiger partial charge in [-0.1, -0.05) is 47.5 Å². The van der Waals surface area contributed by atoms with Gasteiger partial charge in [0.15, 0.2) is 5.65 Å². The van der Waals surface area contributed by atoms with Crippen molar-refractivity contribution in [1.29, 1.82) is 0 Å². The molecule has 3 N–H and O–H groups in total. The van der Waals surface area contributed by atoms with E-state index in [9.17, 15) is 5.11 Å². The number of thiazole rings is 2. The first-order valence-electron chi connectivity index (χ1n) is 24.6. The number of aromatic hydroxyl groups is 1. The maximum absolute atomic E-state index is 9.45. The monoisotopic (exact) mass is 1160 g/mol. The molecule has 0 radical (unpaired) electrons. The predicted octanol–water partition coefficient (Wildman–Crippen LogP) is 14.1. The summed E-state index contributed by atoms with van der Waals surface area (Å²) >= 11 is 16.7. The number of imidazole rings is 2. The minimum Gasteiger partial charge on any atom is -0.508 e. The van der Waals surface area contributed by atoms with E-state index in [-0.39, 0.29) is 22.3 Å². The van der Waals surface area contributed by atoms with E-state index in [1.54, 1.807) is 71.4 Å². The summed E-state index contributed by atoms with van der Waals surface area (Å²) in [4.78, 5) is 33.9. The third-order valence-electron chi connectivity index (χ3n) is 12.1. The van der Waals surface area contributed by atoms with Crippen molar-refractivity contribution in [3.8, 4) is 49.4 Å². The highest BCUT2D eigenvalue weighted by Crippen LogP contribution is 2.35. The van der Waals surface area contributed by atoms with Crippen LogP contribution in [0.25, 0.3) is 75.5 Å². The molecule has 6 aromatic heterocycles. The van der Waals surface area contributed by atoms with Crippen molar-refractivity contribution in [3.05, 3.63) is 181 Å². The highest BCUT2D eigenvalue weighted by atomic mass is 35.5. The maximum atomic E-state index is 9.45. The summed E-state index contributed by atoms with van der Waals surface area (Å²) in [7, 11) is 14.1. The van der Waals surface area contributed by atoms with E-state index >= 15 is 0 Å². The van der Waals surface area contributed by atoms with Crippen LogP contribution in [-0.4, -0.2) is 111 Å². The second kappa shape index (κ2) is 26.5. The number of aliphatic hydroxyl groups is 1. The van der Waals surface area contributed by atoms with E-state index < -0.39 is 0 Å². The topological polar surface area (TPSA) is 148 Å². The van der Waals surface area contributed by atoms with Gasteiger partial charge < -0.3 is 34.6 Å². The first-order valence-corrected chi connectivity index (χ1v) is 27.9. The molecule has 0 aliphatic carbocycles. The third-order valence-corrected chi connectivity index (χ3v) is 15.6. The molecule has 0 bridgehead atoms. The molecule has 1 unspecified atom stereocenters. The largest absolute Gasteiger partial charge is 0.508 e. The lowest BCUT2D eigenvalue weighted by Gasteiger charge is -2.12. The molecule has 12 aromatic rings. The van der Waals surface area contributed by atoms with Gasteiger partial charge in [0, 0.05) is 130 Å². The van der Waals surface area contributed by atoms with Crippen molar-refractivity contribution in [2.24, 2.45) is 0 Å². The number of aromatic nitrogens is 8. The van der Waals surface area contributed by atoms with Crippen LogP contribution in [0.2, 0.25) is 10.2 Å². The smallest absolute Gasteiger partial charge is 0.234 e. The number of hydrogen-bond donors (Lipinski definition) is 3. The van der Waals surface area contributed by atoms with Crippen molar-refractivity contribution >= 4 is 122 Å². The van der Waals surface area contributed by atoms with Crippen LogP contribution in [0.15, 0.2) is 176 Å². The zero-order valence-electron chi connectivity index (χ0n) is 44.6. The summed E-state index contributed by atoms with van der Waals surface area (Å²) in [6.07, 6.45) is 10.7. The normalized spacial score (nSPS) is 10.8. The number of nitrogens with zero attached hydrogens (tertiary/aromatic N) is 11. The van der Waals surface area contributed by atoms with Gasteiger partial charge in [0.2, 0.25) is 5.78 Å². The summed E-state index contributed by atoms with van der Waals surface area (Å²) < 4.78 is 5.90. The molecular formula is C59H59Cl2N12O2PS3. The third kappa shape index (κ3) is 14.7. The zero-order chi connectivity index (χ0) is 54.9. The predicted molar refractivity (Wildman–Crippen MR) is 340 cm³/mol. The Hall–Kier alpha value is -7.34. The van der Waals surface area contributed by atoms with Crippen molar-refractivity contribution in [2.45, 2.75) is 4.90 Å². The summed E-state index contributed by atoms with van der Waals surface area (Å²) in [5, 5.41) is 24.5. The molecule has 0 saturated heterocycles. The molecule has 0 amide bonds. The number of phenolic OH excluding ortho intramolecular Hbond substituents is 1. The van der Waals surface area contributed by atoms with E-state index in [0.29, 0.717) is 16.0 Å². The van der Waals surface area contributed by atoms with Crippen molar-refractivity contribution in [2.75, 3.05) is 81.7 Å². The fraction of sp³-hybridized carbons (Fsp3) is 0.153. The zero-order valence-corrected chi connectivity index (χ0v) is 50.0. The van der Waals surface area contributed by atoms with Crippen molar-refractivity contribution in [3.63, 3.8) is 0 Å². The summed E-state index contributed by atoms with van der Waals surface area (Å²) in [5.41, 5.74) is 13.5. The van der Waals surface area contributed by atoms with Crippen LogP contribution in [0, 0.1) is 0 Å². The molecule has 20 heteroatoms. The first kappa shape index (κ1) is 57.8. The second-order valence-electron chi connectivity index (χ2n) is 18.3. The lowest BCUT2D eigenvalue weighted by Crippen LogP contribution is -2.07. The Balaban J connectivity index is 0.000000138. The average molecular weight is 1170 g/mol. The molecule has 79 heavy (non-hydrogen) atoms. The van der Waals surface area contributed by atoms with Gasteiger partial charge >= 0.3 is 0 Å². The van der Waals surface area contributed by atoms with Gasteiger partial charge in [0.25, 0.3) is 0 Å². The highest BCUT2D eigenvalue weighted by molar-refractivity contribution is 7.99. The van der Waals surface area contributed by atoms with E-state index in [1.807, 2.05) is 101 Å². The van der Waals surface area contributed by atoms with Crippen LogP contribution >= 0.6 is 67.5 Å². The molecule has 14 nitrogen and oxygen atoms in total. The minimum atomic E-state index is 0. The molecular weight excluding hydrogens is 1110 g/mol. The Bertz CT molecular complexity index is 3800. The summed E-state index contributed by atoms with van der Waals surface area (Å²) in [6.45, 7) is 0.203. The number of aliphatic hydroxyl groups excluding tert-OH is 1. The lowest BCUT2D eigenvalue weighted by atomic mass is 10.1. The van der Waals surface area contributed by atoms with Crippen LogP contribution < -0.4 is 20.0 Å². The second-order valence-corrected chi connectivity index (χ2v) is 22.3. The van der Waals surface area contributed by atoms with Crippen molar-refractivity contribution in [1.82, 2.24) is 38.7 Å². The van der Waals surface area contributed by atoms with Crippen molar-refractivity contribution < 1.29 is 10.2 Å². The molecule has 0 aliphatic rings. The van der Waals surface area contributed by atoms with E-state index in [1.165, 1.54) is 15.3 Å². The van der Waals surface area contributed by atoms with Gasteiger partial charge in [-0.05, 0) is 109 Å². The molecule has 1 atom stereocenters. The number of hydrogen-bond acceptors (Lipinski definition) is 15. The lowest BCUT2D eigenvalue weighted by molar-refractivity contribution is 0.322. The van der Waals surface area contributed by atoms with Crippen LogP contribution in [0.1, 0.15) is 0 Å². The van der Waals surface area contributed by atoms with Gasteiger partial charge in [-0.2, -0.15) is 9.90 Å². The minimum absolute atomic E-state index is 0. The number of fused-ring (bicyclic) bond motifs is 4. The number of benzene rings is 6. The fourth-order valence-electron chi connectivity index (χ4n) is 7.87. The highest BCUT2D eigenvalue weighted by Gasteiger charge is 2.11. The Morgan fingerprint density at radius 1 is 0.557 bits per heavy atom. The number of nitrogens with one attached hydrogen (secondary N) is 1. The quantitative estimate of drug-likeness (QED) is 0.0834. The Morgan fingerprint density at radius 3 is 1.61 bits per heavy atom. The Kier molecular flexibility index (Phi) is 19.4. The molecule has 0 spiro atoms. The molecule has 12 rings (SSSR count). The van der Waals surface area contributed by atoms with E-state index in [0.717, 1.165) is 87.9 Å². The molecule has 6 heterocycles. The number of anilines is 4. The first-order chi connectivity index (χ1) is 37.7. The van der Waals surface area contributed by atoms with Gasteiger partial charge in [0.05, 0.1) is 55.8 Å². The maximum Gasteiger partial charge on any atom is 0.234 e. The van der Waals surface area contributed by atoms with Crippen LogP contribution in [0.4, 0.5) is 22.7 Å². The van der Waals surface area contributed by atoms with Gasteiger partial charge in [-0.15, -0.1) is 34.4 Å². The SMILES string of the molecule is CN(C)c1ccc(-c2cn3cc(Cl)cnc3n2)cc1.CN(C)c1ccc(-c2cn3cc(Cl)ncc3n2)cc1.CN(C)c1ccc(-c2nc3ccc(SCCO)cc3s2)cc1.CNc1ccc(-c2nc3ccc(O)cc3s2)cc1.P. The van der Waals surface area contributed by atoms with Crippen LogP contribution in [0.5, 0.6) is 5.75 Å². The number of rotatable bonds is 11. The number of thioether (sulfide) groups is 1. The average Bonchev–Trinajstić information content (AvgIpc) is 4.36. The molecule has 0 saturated carbocycles. The van der Waals surface area contributed by atoms with E-state index in [2.05, 4.69) is 136 Å². The fourth-order valence-corrected chi connectivity index (χ4v) is 11.0. The van der Waals surface area contributed by atoms with E-state index in [4.69, 9.17) is 33.3 Å². The van der Waals surface area contributed by atoms with Gasteiger partial charge in [-0.25, -0.2) is 29.9 Å². The standard InChI is InChI=1S/C17H18N2OS2.2C14H13ClN4.C14H12N2OS.H3P/c1-19(2)13-5-3-12(4-6-13)17-18-15-8-7-14(21-10-9-20)11-16(15)22-17;1-18(2)12-5-3-10(4-6-12)13-9-19-8-11(15)7-16-14(19)17-13;1-18(2)11-5-3-10(4-6-11)12-8-19-9-13(15)16-7-14(19)17-12;1-15-10-4-2-9(3-5-10)14-16-12-7-6-11(17)8-13(12)18-14;/h3-8,11,20H,9-10H2,1-2H3;2*3-9H,1-2H3;2-8,15,17H,1H3;1H3. The summed E-state index contributed by atoms with van der Waals surface area (Å²) in [6, 6.07) is 44.7.